The highest BCUT2D eigenvalue weighted by atomic mass is 32.2. The van der Waals surface area contributed by atoms with Gasteiger partial charge in [0.15, 0.2) is 0 Å². The van der Waals surface area contributed by atoms with E-state index in [1.54, 1.807) is 20.1 Å². The van der Waals surface area contributed by atoms with Crippen LogP contribution in [0.1, 0.15) is 30.8 Å². The Kier molecular flexibility index (Phi) is 5.41. The Morgan fingerprint density at radius 3 is 2.43 bits per heavy atom. The normalized spacial score (nSPS) is 13.2. The number of fused-ring (bicyclic) bond motifs is 1. The number of benzene rings is 3. The van der Waals surface area contributed by atoms with Crippen LogP contribution in [0.15, 0.2) is 71.6 Å². The van der Waals surface area contributed by atoms with E-state index >= 15 is 0 Å². The van der Waals surface area contributed by atoms with Gasteiger partial charge >= 0.3 is 0 Å². The third-order valence-corrected chi connectivity index (χ3v) is 5.98. The van der Waals surface area contributed by atoms with Gasteiger partial charge < -0.3 is 10.1 Å². The van der Waals surface area contributed by atoms with Crippen LogP contribution in [0.4, 0.5) is 0 Å². The summed E-state index contributed by atoms with van der Waals surface area (Å²) in [5.74, 6) is 0.765. The van der Waals surface area contributed by atoms with Gasteiger partial charge in [-0.05, 0) is 66.4 Å². The molecule has 0 aliphatic heterocycles. The van der Waals surface area contributed by atoms with Crippen LogP contribution >= 0.6 is 0 Å². The fraction of sp³-hybridized carbons (Fsp3) is 0.160. The minimum atomic E-state index is -0.972. The quantitative estimate of drug-likeness (QED) is 0.460. The minimum absolute atomic E-state index is 0.765. The largest absolute Gasteiger partial charge is 0.386 e. The maximum atomic E-state index is 11.5. The Balaban J connectivity index is 1.64. The maximum Gasteiger partial charge on any atom is 0.131 e. The van der Waals surface area contributed by atoms with E-state index in [0.29, 0.717) is 0 Å². The molecule has 4 rings (SSSR count). The summed E-state index contributed by atoms with van der Waals surface area (Å²) in [7, 11) is -0.972. The van der Waals surface area contributed by atoms with Crippen molar-refractivity contribution >= 4 is 34.0 Å². The van der Waals surface area contributed by atoms with Crippen LogP contribution in [-0.4, -0.2) is 25.5 Å². The molecule has 1 aromatic heterocycles. The molecule has 1 heterocycles. The van der Waals surface area contributed by atoms with Crippen LogP contribution in [0.5, 0.6) is 0 Å². The average molecular weight is 417 g/mol. The average Bonchev–Trinajstić information content (AvgIpc) is 3.14. The molecule has 4 nitrogen and oxygen atoms in total. The molecule has 0 fully saturated rings. The van der Waals surface area contributed by atoms with Crippen LogP contribution in [0, 0.1) is 0 Å². The topological polar surface area (TPSA) is 66.0 Å². The number of nitrogens with zero attached hydrogens (tertiary/aromatic N) is 1. The molecule has 0 spiro atoms. The van der Waals surface area contributed by atoms with E-state index in [0.717, 1.165) is 44.0 Å². The second-order valence-corrected chi connectivity index (χ2v) is 9.19. The summed E-state index contributed by atoms with van der Waals surface area (Å²) in [5, 5.41) is 10.5. The number of aliphatic hydroxyl groups is 1. The van der Waals surface area contributed by atoms with Crippen LogP contribution in [0.3, 0.4) is 0 Å². The predicted octanol–water partition coefficient (Wildman–Crippen LogP) is 5.37. The van der Waals surface area contributed by atoms with Crippen molar-refractivity contribution in [2.24, 2.45) is 0 Å². The first kappa shape index (κ1) is 20.3. The molecule has 30 heavy (non-hydrogen) atoms. The van der Waals surface area contributed by atoms with Gasteiger partial charge in [0.2, 0.25) is 0 Å². The van der Waals surface area contributed by atoms with E-state index in [1.807, 2.05) is 72.8 Å². The number of imidazole rings is 1. The monoisotopic (exact) mass is 416 g/mol. The highest BCUT2D eigenvalue weighted by Crippen LogP contribution is 2.32. The van der Waals surface area contributed by atoms with Crippen LogP contribution in [-0.2, 0) is 16.4 Å². The van der Waals surface area contributed by atoms with Gasteiger partial charge in [0, 0.05) is 22.0 Å². The van der Waals surface area contributed by atoms with E-state index in [2.05, 4.69) is 16.0 Å². The Morgan fingerprint density at radius 1 is 1.00 bits per heavy atom. The van der Waals surface area contributed by atoms with E-state index in [4.69, 9.17) is 0 Å². The van der Waals surface area contributed by atoms with Crippen LogP contribution in [0.25, 0.3) is 34.3 Å². The molecule has 0 radical (unpaired) electrons. The first-order chi connectivity index (χ1) is 14.3. The molecule has 152 valence electrons. The van der Waals surface area contributed by atoms with E-state index in [9.17, 15) is 9.32 Å². The van der Waals surface area contributed by atoms with Gasteiger partial charge in [0.25, 0.3) is 0 Å². The van der Waals surface area contributed by atoms with Gasteiger partial charge in [0.05, 0.1) is 16.6 Å². The van der Waals surface area contributed by atoms with E-state index in [-0.39, 0.29) is 0 Å². The second-order valence-electron chi connectivity index (χ2n) is 7.82. The van der Waals surface area contributed by atoms with E-state index in [1.165, 1.54) is 0 Å². The predicted molar refractivity (Wildman–Crippen MR) is 124 cm³/mol. The molecule has 5 heteroatoms. The molecule has 4 aromatic rings. The number of hydrogen-bond donors (Lipinski definition) is 2. The molecular weight excluding hydrogens is 392 g/mol. The summed E-state index contributed by atoms with van der Waals surface area (Å²) >= 11 is 0. The van der Waals surface area contributed by atoms with Crippen molar-refractivity contribution in [3.63, 3.8) is 0 Å². The molecular formula is C25H24N2O2S. The lowest BCUT2D eigenvalue weighted by molar-refractivity contribution is 0.0792. The summed E-state index contributed by atoms with van der Waals surface area (Å²) in [6, 6.07) is 21.6. The first-order valence-corrected chi connectivity index (χ1v) is 11.3. The standard InChI is InChI=1S/C25H24N2O2S/c1-25(2,28)21-7-5-4-6-20(21)18-11-14-22-23(16-18)27-24(26-22)15-10-17-8-12-19(13-9-17)30(3)29/h4-16,28H,1-3H3,(H,26,27). The van der Waals surface area contributed by atoms with Crippen molar-refractivity contribution in [1.29, 1.82) is 0 Å². The summed E-state index contributed by atoms with van der Waals surface area (Å²) < 4.78 is 11.5. The van der Waals surface area contributed by atoms with Crippen LogP contribution in [0.2, 0.25) is 0 Å². The molecule has 0 saturated carbocycles. The molecule has 0 saturated heterocycles. The molecule has 0 aliphatic carbocycles. The Morgan fingerprint density at radius 2 is 1.73 bits per heavy atom. The smallest absolute Gasteiger partial charge is 0.131 e. The zero-order chi connectivity index (χ0) is 21.3. The maximum absolute atomic E-state index is 11.5. The second kappa shape index (κ2) is 8.01. The van der Waals surface area contributed by atoms with Gasteiger partial charge in [-0.3, -0.25) is 4.21 Å². The summed E-state index contributed by atoms with van der Waals surface area (Å²) in [5.41, 5.74) is 4.85. The highest BCUT2D eigenvalue weighted by molar-refractivity contribution is 7.84. The van der Waals surface area contributed by atoms with Crippen molar-refractivity contribution < 1.29 is 9.32 Å². The van der Waals surface area contributed by atoms with E-state index < -0.39 is 16.4 Å². The lowest BCUT2D eigenvalue weighted by Crippen LogP contribution is -2.16. The van der Waals surface area contributed by atoms with Crippen LogP contribution < -0.4 is 0 Å². The Bertz CT molecular complexity index is 1250. The van der Waals surface area contributed by atoms with Crippen molar-refractivity contribution in [3.8, 4) is 11.1 Å². The fourth-order valence-corrected chi connectivity index (χ4v) is 4.01. The lowest BCUT2D eigenvalue weighted by atomic mass is 9.89. The molecule has 0 aliphatic rings. The minimum Gasteiger partial charge on any atom is -0.386 e. The number of aromatic nitrogens is 2. The molecule has 1 unspecified atom stereocenters. The number of rotatable bonds is 5. The molecule has 1 atom stereocenters. The highest BCUT2D eigenvalue weighted by Gasteiger charge is 2.20. The number of hydrogen-bond acceptors (Lipinski definition) is 3. The van der Waals surface area contributed by atoms with Gasteiger partial charge in [-0.25, -0.2) is 4.98 Å². The van der Waals surface area contributed by atoms with Crippen molar-refractivity contribution in [2.75, 3.05) is 6.26 Å². The molecule has 3 aromatic carbocycles. The Hall–Kier alpha value is -3.02. The van der Waals surface area contributed by atoms with Crippen molar-refractivity contribution in [2.45, 2.75) is 24.3 Å². The lowest BCUT2D eigenvalue weighted by Gasteiger charge is -2.21. The number of H-pyrrole nitrogens is 1. The zero-order valence-electron chi connectivity index (χ0n) is 17.2. The third kappa shape index (κ3) is 4.27. The molecule has 0 bridgehead atoms. The third-order valence-electron chi connectivity index (χ3n) is 5.04. The van der Waals surface area contributed by atoms with Gasteiger partial charge in [-0.15, -0.1) is 0 Å². The molecule has 0 amide bonds. The first-order valence-electron chi connectivity index (χ1n) is 9.75. The summed E-state index contributed by atoms with van der Waals surface area (Å²) in [6.07, 6.45) is 5.58. The number of aromatic amines is 1. The fourth-order valence-electron chi connectivity index (χ4n) is 3.49. The number of nitrogens with one attached hydrogen (secondary N) is 1. The summed E-state index contributed by atoms with van der Waals surface area (Å²) in [4.78, 5) is 8.81. The zero-order valence-corrected chi connectivity index (χ0v) is 18.0. The van der Waals surface area contributed by atoms with Gasteiger partial charge in [-0.1, -0.05) is 48.5 Å². The van der Waals surface area contributed by atoms with Gasteiger partial charge in [0.1, 0.15) is 5.82 Å². The SMILES string of the molecule is CS(=O)c1ccc(C=Cc2nc3ccc(-c4ccccc4C(C)(C)O)cc3[nH]2)cc1. The molecule has 2 N–H and O–H groups in total. The van der Waals surface area contributed by atoms with Gasteiger partial charge in [-0.2, -0.15) is 0 Å². The summed E-state index contributed by atoms with van der Waals surface area (Å²) in [6.45, 7) is 3.60. The van der Waals surface area contributed by atoms with Crippen molar-refractivity contribution in [3.05, 3.63) is 83.7 Å². The van der Waals surface area contributed by atoms with Crippen molar-refractivity contribution in [1.82, 2.24) is 9.97 Å². The Labute approximate surface area is 178 Å².